The zero-order valence-electron chi connectivity index (χ0n) is 9.10. The van der Waals surface area contributed by atoms with E-state index in [0.29, 0.717) is 6.42 Å². The lowest BCUT2D eigenvalue weighted by atomic mass is 10.0. The van der Waals surface area contributed by atoms with Gasteiger partial charge < -0.3 is 0 Å². The highest BCUT2D eigenvalue weighted by Gasteiger charge is 2.29. The molecule has 1 aromatic rings. The second-order valence-corrected chi connectivity index (χ2v) is 4.81. The molecule has 4 heteroatoms. The Bertz CT molecular complexity index is 417. The fraction of sp³-hybridized carbons (Fsp3) is 0.385. The summed E-state index contributed by atoms with van der Waals surface area (Å²) >= 11 is 5.93. The fourth-order valence-electron chi connectivity index (χ4n) is 1.97. The summed E-state index contributed by atoms with van der Waals surface area (Å²) in [7, 11) is 0. The first kappa shape index (κ1) is 12.5. The molecule has 0 bridgehead atoms. The summed E-state index contributed by atoms with van der Waals surface area (Å²) < 4.78 is 37.0. The van der Waals surface area contributed by atoms with E-state index in [1.165, 1.54) is 17.7 Å². The van der Waals surface area contributed by atoms with Crippen molar-refractivity contribution in [2.45, 2.75) is 30.8 Å². The molecule has 0 saturated carbocycles. The van der Waals surface area contributed by atoms with Crippen LogP contribution in [0.15, 0.2) is 35.9 Å². The van der Waals surface area contributed by atoms with Crippen LogP contribution in [0.5, 0.6) is 0 Å². The second kappa shape index (κ2) is 4.73. The van der Waals surface area contributed by atoms with E-state index in [-0.39, 0.29) is 5.38 Å². The molecule has 0 N–H and O–H groups in total. The Morgan fingerprint density at radius 3 is 2.29 bits per heavy atom. The van der Waals surface area contributed by atoms with Gasteiger partial charge in [-0.05, 0) is 37.0 Å². The van der Waals surface area contributed by atoms with Crippen LogP contribution in [0, 0.1) is 0 Å². The zero-order chi connectivity index (χ0) is 12.5. The van der Waals surface area contributed by atoms with E-state index in [1.807, 2.05) is 6.08 Å². The largest absolute Gasteiger partial charge is 0.416 e. The van der Waals surface area contributed by atoms with Gasteiger partial charge in [-0.15, -0.1) is 11.6 Å². The molecule has 0 fully saturated rings. The molecule has 0 spiro atoms. The van der Waals surface area contributed by atoms with Crippen molar-refractivity contribution in [3.05, 3.63) is 47.0 Å². The molecule has 92 valence electrons. The van der Waals surface area contributed by atoms with Gasteiger partial charge in [-0.3, -0.25) is 0 Å². The van der Waals surface area contributed by atoms with Crippen LogP contribution in [0.4, 0.5) is 13.2 Å². The van der Waals surface area contributed by atoms with Gasteiger partial charge in [-0.2, -0.15) is 13.2 Å². The molecule has 0 heterocycles. The van der Waals surface area contributed by atoms with E-state index in [4.69, 9.17) is 11.6 Å². The van der Waals surface area contributed by atoms with Gasteiger partial charge in [0.05, 0.1) is 10.9 Å². The number of rotatable bonds is 2. The topological polar surface area (TPSA) is 0 Å². The molecule has 1 aromatic carbocycles. The van der Waals surface area contributed by atoms with Gasteiger partial charge in [-0.1, -0.05) is 23.8 Å². The molecule has 1 aliphatic carbocycles. The SMILES string of the molecule is FC(F)(F)c1ccc(CC2=CC(Cl)CC2)cc1. The average Bonchev–Trinajstić information content (AvgIpc) is 2.63. The standard InChI is InChI=1S/C13H12ClF3/c14-12-6-3-10(8-12)7-9-1-4-11(5-2-9)13(15,16)17/h1-2,4-5,8,12H,3,6-7H2. The number of hydrogen-bond acceptors (Lipinski definition) is 0. The summed E-state index contributed by atoms with van der Waals surface area (Å²) in [5.41, 5.74) is 1.51. The number of allylic oxidation sites excluding steroid dienone is 2. The molecule has 0 nitrogen and oxygen atoms in total. The first-order valence-electron chi connectivity index (χ1n) is 5.45. The molecule has 0 saturated heterocycles. The molecular weight excluding hydrogens is 249 g/mol. The monoisotopic (exact) mass is 260 g/mol. The number of hydrogen-bond donors (Lipinski definition) is 0. The predicted octanol–water partition coefficient (Wildman–Crippen LogP) is 4.58. The molecule has 0 aromatic heterocycles. The van der Waals surface area contributed by atoms with Crippen molar-refractivity contribution in [2.75, 3.05) is 0 Å². The Kier molecular flexibility index (Phi) is 3.48. The van der Waals surface area contributed by atoms with E-state index in [0.717, 1.165) is 30.5 Å². The van der Waals surface area contributed by atoms with Crippen LogP contribution in [0.2, 0.25) is 0 Å². The molecule has 1 atom stereocenters. The van der Waals surface area contributed by atoms with Crippen LogP contribution in [0.3, 0.4) is 0 Å². The average molecular weight is 261 g/mol. The molecule has 1 aliphatic rings. The van der Waals surface area contributed by atoms with E-state index < -0.39 is 11.7 Å². The van der Waals surface area contributed by atoms with Crippen molar-refractivity contribution >= 4 is 11.6 Å². The first-order chi connectivity index (χ1) is 7.95. The van der Waals surface area contributed by atoms with Crippen LogP contribution in [0.25, 0.3) is 0 Å². The highest BCUT2D eigenvalue weighted by Crippen LogP contribution is 2.30. The Morgan fingerprint density at radius 2 is 1.82 bits per heavy atom. The normalized spacial score (nSPS) is 20.5. The van der Waals surface area contributed by atoms with Crippen LogP contribution < -0.4 is 0 Å². The maximum Gasteiger partial charge on any atom is 0.416 e. The van der Waals surface area contributed by atoms with Crippen molar-refractivity contribution in [1.82, 2.24) is 0 Å². The Hall–Kier alpha value is -0.960. The summed E-state index contributed by atoms with van der Waals surface area (Å²) in [4.78, 5) is 0. The third-order valence-corrected chi connectivity index (χ3v) is 3.21. The summed E-state index contributed by atoms with van der Waals surface area (Å²) in [6.07, 6.45) is 0.305. The summed E-state index contributed by atoms with van der Waals surface area (Å²) in [6.45, 7) is 0. The van der Waals surface area contributed by atoms with Gasteiger partial charge in [0.2, 0.25) is 0 Å². The number of benzene rings is 1. The third kappa shape index (κ3) is 3.25. The second-order valence-electron chi connectivity index (χ2n) is 4.25. The van der Waals surface area contributed by atoms with E-state index in [1.54, 1.807) is 0 Å². The molecule has 1 unspecified atom stereocenters. The summed E-state index contributed by atoms with van der Waals surface area (Å²) in [5.74, 6) is 0. The van der Waals surface area contributed by atoms with E-state index in [2.05, 4.69) is 0 Å². The molecule has 17 heavy (non-hydrogen) atoms. The molecule has 0 amide bonds. The van der Waals surface area contributed by atoms with Gasteiger partial charge in [0.25, 0.3) is 0 Å². The van der Waals surface area contributed by atoms with Crippen LogP contribution in [-0.2, 0) is 12.6 Å². The lowest BCUT2D eigenvalue weighted by Gasteiger charge is -2.07. The van der Waals surface area contributed by atoms with Gasteiger partial charge in [0, 0.05) is 0 Å². The van der Waals surface area contributed by atoms with Crippen LogP contribution in [-0.4, -0.2) is 5.38 Å². The van der Waals surface area contributed by atoms with Gasteiger partial charge >= 0.3 is 6.18 Å². The quantitative estimate of drug-likeness (QED) is 0.539. The fourth-order valence-corrected chi connectivity index (χ4v) is 2.25. The Labute approximate surface area is 103 Å². The minimum Gasteiger partial charge on any atom is -0.166 e. The Balaban J connectivity index is 2.06. The lowest BCUT2D eigenvalue weighted by Crippen LogP contribution is -2.04. The molecular formula is C13H12ClF3. The smallest absolute Gasteiger partial charge is 0.166 e. The highest BCUT2D eigenvalue weighted by molar-refractivity contribution is 6.22. The van der Waals surface area contributed by atoms with E-state index >= 15 is 0 Å². The zero-order valence-corrected chi connectivity index (χ0v) is 9.85. The van der Waals surface area contributed by atoms with Crippen molar-refractivity contribution in [1.29, 1.82) is 0 Å². The van der Waals surface area contributed by atoms with E-state index in [9.17, 15) is 13.2 Å². The Morgan fingerprint density at radius 1 is 1.18 bits per heavy atom. The first-order valence-corrected chi connectivity index (χ1v) is 5.88. The van der Waals surface area contributed by atoms with Gasteiger partial charge in [0.15, 0.2) is 0 Å². The molecule has 0 aliphatic heterocycles. The predicted molar refractivity (Wildman–Crippen MR) is 62.1 cm³/mol. The van der Waals surface area contributed by atoms with Crippen molar-refractivity contribution in [3.63, 3.8) is 0 Å². The third-order valence-electron chi connectivity index (χ3n) is 2.87. The maximum absolute atomic E-state index is 12.3. The van der Waals surface area contributed by atoms with Gasteiger partial charge in [0.1, 0.15) is 0 Å². The van der Waals surface area contributed by atoms with Crippen molar-refractivity contribution in [2.24, 2.45) is 0 Å². The number of halogens is 4. The van der Waals surface area contributed by atoms with Crippen LogP contribution >= 0.6 is 11.6 Å². The van der Waals surface area contributed by atoms with Crippen LogP contribution in [0.1, 0.15) is 24.0 Å². The maximum atomic E-state index is 12.3. The minimum absolute atomic E-state index is 0.0828. The minimum atomic E-state index is -4.26. The van der Waals surface area contributed by atoms with Gasteiger partial charge in [-0.25, -0.2) is 0 Å². The number of alkyl halides is 4. The molecule has 0 radical (unpaired) electrons. The summed E-state index contributed by atoms with van der Waals surface area (Å²) in [5, 5.41) is 0.0828. The lowest BCUT2D eigenvalue weighted by molar-refractivity contribution is -0.137. The highest BCUT2D eigenvalue weighted by atomic mass is 35.5. The molecule has 2 rings (SSSR count). The summed E-state index contributed by atoms with van der Waals surface area (Å²) in [6, 6.07) is 5.32. The van der Waals surface area contributed by atoms with Crippen molar-refractivity contribution < 1.29 is 13.2 Å². The van der Waals surface area contributed by atoms with Crippen molar-refractivity contribution in [3.8, 4) is 0 Å².